The lowest BCUT2D eigenvalue weighted by Gasteiger charge is -2.18. The first-order chi connectivity index (χ1) is 13.5. The van der Waals surface area contributed by atoms with Crippen molar-refractivity contribution in [1.82, 2.24) is 4.90 Å². The van der Waals surface area contributed by atoms with Crippen LogP contribution in [0.2, 0.25) is 5.02 Å². The first kappa shape index (κ1) is 18.7. The molecule has 1 aliphatic rings. The largest absolute Gasteiger partial charge is 0.491 e. The maximum Gasteiger partial charge on any atom is 0.229 e. The zero-order chi connectivity index (χ0) is 19.8. The number of carbonyl (C=O) groups excluding carboxylic acids is 2. The second-order valence-corrected chi connectivity index (χ2v) is 7.07. The maximum absolute atomic E-state index is 12.9. The summed E-state index contributed by atoms with van der Waals surface area (Å²) in [6.07, 6.45) is 0. The molecule has 0 amide bonds. The molecule has 0 unspecified atom stereocenters. The third-order valence-electron chi connectivity index (χ3n) is 5.15. The lowest BCUT2D eigenvalue weighted by Crippen LogP contribution is -2.27. The van der Waals surface area contributed by atoms with Crippen molar-refractivity contribution in [2.24, 2.45) is 0 Å². The van der Waals surface area contributed by atoms with E-state index in [9.17, 15) is 9.59 Å². The molecule has 0 fully saturated rings. The van der Waals surface area contributed by atoms with Crippen molar-refractivity contribution in [2.75, 3.05) is 26.2 Å². The second-order valence-electron chi connectivity index (χ2n) is 6.66. The molecule has 1 aromatic heterocycles. The summed E-state index contributed by atoms with van der Waals surface area (Å²) >= 11 is 6.39. The molecule has 4 rings (SSSR count). The standard InChI is InChI=1S/C22H20ClNO4/c1-3-24(4-2)9-10-27-18-12-17-15(11-16(18)23)19-20(25)13-7-5-6-8-14(13)21(26)22(19)28-17/h5-8,11-12H,3-4,9-10H2,1-2H3. The van der Waals surface area contributed by atoms with Crippen LogP contribution in [0.3, 0.4) is 0 Å². The molecule has 0 N–H and O–H groups in total. The highest BCUT2D eigenvalue weighted by atomic mass is 35.5. The molecule has 5 nitrogen and oxygen atoms in total. The Labute approximate surface area is 167 Å². The van der Waals surface area contributed by atoms with Gasteiger partial charge in [0.15, 0.2) is 11.5 Å². The van der Waals surface area contributed by atoms with Crippen LogP contribution in [0.15, 0.2) is 40.8 Å². The molecule has 1 aliphatic carbocycles. The molecule has 0 aliphatic heterocycles. The van der Waals surface area contributed by atoms with E-state index in [1.165, 1.54) is 0 Å². The molecule has 0 bridgehead atoms. The molecule has 28 heavy (non-hydrogen) atoms. The van der Waals surface area contributed by atoms with E-state index < -0.39 is 0 Å². The number of furan rings is 1. The fraction of sp³-hybridized carbons (Fsp3) is 0.273. The fourth-order valence-electron chi connectivity index (χ4n) is 3.55. The first-order valence-corrected chi connectivity index (χ1v) is 9.72. The Hall–Kier alpha value is -2.63. The van der Waals surface area contributed by atoms with Gasteiger partial charge in [-0.1, -0.05) is 49.7 Å². The van der Waals surface area contributed by atoms with E-state index in [-0.39, 0.29) is 22.9 Å². The van der Waals surface area contributed by atoms with E-state index in [2.05, 4.69) is 18.7 Å². The minimum atomic E-state index is -0.290. The predicted molar refractivity (Wildman–Crippen MR) is 108 cm³/mol. The molecule has 2 aromatic carbocycles. The average molecular weight is 398 g/mol. The third-order valence-corrected chi connectivity index (χ3v) is 5.45. The second kappa shape index (κ2) is 7.41. The van der Waals surface area contributed by atoms with Gasteiger partial charge >= 0.3 is 0 Å². The number of nitrogens with zero attached hydrogens (tertiary/aromatic N) is 1. The number of halogens is 1. The van der Waals surface area contributed by atoms with Gasteiger partial charge in [0, 0.05) is 29.1 Å². The molecular weight excluding hydrogens is 378 g/mol. The van der Waals surface area contributed by atoms with Crippen molar-refractivity contribution >= 4 is 34.1 Å². The zero-order valence-electron chi connectivity index (χ0n) is 15.8. The molecule has 144 valence electrons. The van der Waals surface area contributed by atoms with Gasteiger partial charge in [0.05, 0.1) is 10.6 Å². The highest BCUT2D eigenvalue weighted by Gasteiger charge is 2.35. The van der Waals surface area contributed by atoms with Crippen LogP contribution in [-0.2, 0) is 0 Å². The van der Waals surface area contributed by atoms with Crippen molar-refractivity contribution in [1.29, 1.82) is 0 Å². The van der Waals surface area contributed by atoms with E-state index >= 15 is 0 Å². The Balaban J connectivity index is 1.70. The van der Waals surface area contributed by atoms with Gasteiger partial charge in [-0.05, 0) is 19.2 Å². The number of likely N-dealkylation sites (N-methyl/N-ethyl adjacent to an activating group) is 1. The first-order valence-electron chi connectivity index (χ1n) is 9.34. The van der Waals surface area contributed by atoms with Gasteiger partial charge in [0.1, 0.15) is 17.9 Å². The van der Waals surface area contributed by atoms with Crippen LogP contribution in [0.4, 0.5) is 0 Å². The van der Waals surface area contributed by atoms with Gasteiger partial charge in [0.2, 0.25) is 5.78 Å². The van der Waals surface area contributed by atoms with E-state index in [1.54, 1.807) is 36.4 Å². The Bertz CT molecular complexity index is 1080. The highest BCUT2D eigenvalue weighted by molar-refractivity contribution is 6.35. The van der Waals surface area contributed by atoms with Crippen LogP contribution in [-0.4, -0.2) is 42.7 Å². The topological polar surface area (TPSA) is 59.8 Å². The summed E-state index contributed by atoms with van der Waals surface area (Å²) in [5, 5.41) is 0.915. The number of fused-ring (bicyclic) bond motifs is 4. The van der Waals surface area contributed by atoms with E-state index in [4.69, 9.17) is 20.8 Å². The molecule has 3 aromatic rings. The summed E-state index contributed by atoms with van der Waals surface area (Å²) in [6, 6.07) is 10.1. The van der Waals surface area contributed by atoms with Gasteiger partial charge in [0.25, 0.3) is 0 Å². The smallest absolute Gasteiger partial charge is 0.229 e. The monoisotopic (exact) mass is 397 g/mol. The van der Waals surface area contributed by atoms with E-state index in [0.717, 1.165) is 19.6 Å². The van der Waals surface area contributed by atoms with E-state index in [0.29, 0.717) is 39.5 Å². The number of rotatable bonds is 6. The van der Waals surface area contributed by atoms with Gasteiger partial charge in [-0.15, -0.1) is 0 Å². The summed E-state index contributed by atoms with van der Waals surface area (Å²) in [7, 11) is 0. The molecule has 0 saturated carbocycles. The van der Waals surface area contributed by atoms with Crippen LogP contribution in [0.25, 0.3) is 11.0 Å². The minimum absolute atomic E-state index is 0.0649. The van der Waals surface area contributed by atoms with Crippen LogP contribution in [0, 0.1) is 0 Å². The fourth-order valence-corrected chi connectivity index (χ4v) is 3.77. The van der Waals surface area contributed by atoms with Gasteiger partial charge < -0.3 is 14.1 Å². The minimum Gasteiger partial charge on any atom is -0.491 e. The summed E-state index contributed by atoms with van der Waals surface area (Å²) < 4.78 is 11.6. The molecular formula is C22H20ClNO4. The SMILES string of the molecule is CCN(CC)CCOc1cc2oc3c(c2cc1Cl)C(=O)c1ccccc1C3=O. The Morgan fingerprint density at radius 2 is 1.71 bits per heavy atom. The normalized spacial score (nSPS) is 13.1. The zero-order valence-corrected chi connectivity index (χ0v) is 16.5. The molecule has 0 radical (unpaired) electrons. The summed E-state index contributed by atoms with van der Waals surface area (Å²) in [6.45, 7) is 7.35. The van der Waals surface area contributed by atoms with Crippen LogP contribution in [0.1, 0.15) is 45.9 Å². The van der Waals surface area contributed by atoms with Crippen molar-refractivity contribution in [3.05, 3.63) is 63.9 Å². The van der Waals surface area contributed by atoms with E-state index in [1.807, 2.05) is 0 Å². The van der Waals surface area contributed by atoms with Crippen molar-refractivity contribution < 1.29 is 18.7 Å². The summed E-state index contributed by atoms with van der Waals surface area (Å²) in [5.41, 5.74) is 1.44. The van der Waals surface area contributed by atoms with Crippen LogP contribution < -0.4 is 4.74 Å². The molecule has 1 heterocycles. The summed E-state index contributed by atoms with van der Waals surface area (Å²) in [5.74, 6) is 0.0247. The number of ketones is 2. The van der Waals surface area contributed by atoms with Gasteiger partial charge in [-0.25, -0.2) is 0 Å². The summed E-state index contributed by atoms with van der Waals surface area (Å²) in [4.78, 5) is 28.0. The predicted octanol–water partition coefficient (Wildman–Crippen LogP) is 4.58. The van der Waals surface area contributed by atoms with Gasteiger partial charge in [-0.2, -0.15) is 0 Å². The lowest BCUT2D eigenvalue weighted by atomic mass is 9.87. The maximum atomic E-state index is 12.9. The average Bonchev–Trinajstić information content (AvgIpc) is 3.08. The highest BCUT2D eigenvalue weighted by Crippen LogP contribution is 2.39. The van der Waals surface area contributed by atoms with Crippen molar-refractivity contribution in [3.63, 3.8) is 0 Å². The Kier molecular flexibility index (Phi) is 4.96. The van der Waals surface area contributed by atoms with Crippen molar-refractivity contribution in [2.45, 2.75) is 13.8 Å². The molecule has 0 saturated heterocycles. The molecule has 0 spiro atoms. The number of carbonyl (C=O) groups is 2. The molecule has 0 atom stereocenters. The van der Waals surface area contributed by atoms with Crippen LogP contribution >= 0.6 is 11.6 Å². The number of hydrogen-bond acceptors (Lipinski definition) is 5. The Morgan fingerprint density at radius 1 is 1.04 bits per heavy atom. The number of hydrogen-bond donors (Lipinski definition) is 0. The number of ether oxygens (including phenoxy) is 1. The molecule has 6 heteroatoms. The van der Waals surface area contributed by atoms with Crippen LogP contribution in [0.5, 0.6) is 5.75 Å². The quantitative estimate of drug-likeness (QED) is 0.476. The lowest BCUT2D eigenvalue weighted by molar-refractivity contribution is 0.0962. The Morgan fingerprint density at radius 3 is 2.39 bits per heavy atom. The third kappa shape index (κ3) is 3.01. The van der Waals surface area contributed by atoms with Gasteiger partial charge in [-0.3, -0.25) is 9.59 Å². The van der Waals surface area contributed by atoms with Crippen molar-refractivity contribution in [3.8, 4) is 5.75 Å². The number of benzene rings is 2.